The molecule has 0 bridgehead atoms. The third kappa shape index (κ3) is 2.31. The summed E-state index contributed by atoms with van der Waals surface area (Å²) in [4.78, 5) is 42.3. The molecule has 0 radical (unpaired) electrons. The van der Waals surface area contributed by atoms with Crippen molar-refractivity contribution in [2.24, 2.45) is 0 Å². The maximum absolute atomic E-state index is 12.9. The molecule has 1 aliphatic heterocycles. The smallest absolute Gasteiger partial charge is 0.261 e. The normalized spacial score (nSPS) is 14.4. The number of Topliss-reactive ketones (excluding diaryl/α,β-unsaturated/α-hetero) is 1. The maximum Gasteiger partial charge on any atom is 0.261 e. The SMILES string of the molecule is CN1C(=O)c2ccc(C(=O)C(C#N)c3nc4ccccc4s3)cc2C1=O. The molecule has 1 unspecified atom stereocenters. The molecular formula is C19H11N3O3S. The summed E-state index contributed by atoms with van der Waals surface area (Å²) in [5, 5.41) is 9.95. The Morgan fingerprint density at radius 3 is 2.62 bits per heavy atom. The Morgan fingerprint density at radius 1 is 1.15 bits per heavy atom. The van der Waals surface area contributed by atoms with E-state index in [-0.39, 0.29) is 16.7 Å². The van der Waals surface area contributed by atoms with Gasteiger partial charge in [-0.3, -0.25) is 19.3 Å². The van der Waals surface area contributed by atoms with Crippen molar-refractivity contribution >= 4 is 39.2 Å². The summed E-state index contributed by atoms with van der Waals surface area (Å²) in [6, 6.07) is 13.7. The van der Waals surface area contributed by atoms with Crippen molar-refractivity contribution in [3.05, 3.63) is 64.2 Å². The van der Waals surface area contributed by atoms with Crippen LogP contribution in [0.15, 0.2) is 42.5 Å². The molecule has 6 nitrogen and oxygen atoms in total. The van der Waals surface area contributed by atoms with Gasteiger partial charge in [-0.05, 0) is 24.3 Å². The van der Waals surface area contributed by atoms with Crippen molar-refractivity contribution in [3.8, 4) is 6.07 Å². The zero-order valence-corrected chi connectivity index (χ0v) is 14.4. The highest BCUT2D eigenvalue weighted by Crippen LogP contribution is 2.30. The Labute approximate surface area is 152 Å². The van der Waals surface area contributed by atoms with Gasteiger partial charge in [0.15, 0.2) is 11.7 Å². The van der Waals surface area contributed by atoms with Gasteiger partial charge in [0, 0.05) is 12.6 Å². The number of carbonyl (C=O) groups excluding carboxylic acids is 3. The van der Waals surface area contributed by atoms with Crippen molar-refractivity contribution in [2.75, 3.05) is 7.05 Å². The lowest BCUT2D eigenvalue weighted by Gasteiger charge is -2.06. The van der Waals surface area contributed by atoms with Crippen molar-refractivity contribution in [2.45, 2.75) is 5.92 Å². The van der Waals surface area contributed by atoms with Gasteiger partial charge in [-0.25, -0.2) is 4.98 Å². The van der Waals surface area contributed by atoms with E-state index in [9.17, 15) is 19.6 Å². The van der Waals surface area contributed by atoms with Gasteiger partial charge in [0.25, 0.3) is 11.8 Å². The number of benzene rings is 2. The van der Waals surface area contributed by atoms with Crippen LogP contribution >= 0.6 is 11.3 Å². The number of nitriles is 1. The molecule has 0 N–H and O–H groups in total. The van der Waals surface area contributed by atoms with Crippen LogP contribution in [0.5, 0.6) is 0 Å². The van der Waals surface area contributed by atoms with Gasteiger partial charge < -0.3 is 0 Å². The topological polar surface area (TPSA) is 91.1 Å². The number of hydrogen-bond acceptors (Lipinski definition) is 6. The van der Waals surface area contributed by atoms with Crippen LogP contribution in [0.3, 0.4) is 0 Å². The first-order valence-corrected chi connectivity index (χ1v) is 8.58. The highest BCUT2D eigenvalue weighted by atomic mass is 32.1. The summed E-state index contributed by atoms with van der Waals surface area (Å²) in [5.74, 6) is -2.35. The Balaban J connectivity index is 1.74. The van der Waals surface area contributed by atoms with E-state index in [1.54, 1.807) is 0 Å². The summed E-state index contributed by atoms with van der Waals surface area (Å²) in [6.07, 6.45) is 0. The largest absolute Gasteiger partial charge is 0.292 e. The lowest BCUT2D eigenvalue weighted by molar-refractivity contribution is 0.0693. The average Bonchev–Trinajstić information content (AvgIpc) is 3.17. The minimum atomic E-state index is -1.06. The van der Waals surface area contributed by atoms with Crippen molar-refractivity contribution < 1.29 is 14.4 Å². The van der Waals surface area contributed by atoms with Gasteiger partial charge in [-0.15, -0.1) is 11.3 Å². The summed E-state index contributed by atoms with van der Waals surface area (Å²) in [6.45, 7) is 0. The van der Waals surface area contributed by atoms with Crippen LogP contribution in [0.4, 0.5) is 0 Å². The number of para-hydroxylation sites is 1. The van der Waals surface area contributed by atoms with Gasteiger partial charge in [-0.1, -0.05) is 18.2 Å². The standard InChI is InChI=1S/C19H11N3O3S/c1-22-18(24)11-7-6-10(8-12(11)19(22)25)16(23)13(9-20)17-21-14-4-2-3-5-15(14)26-17/h2-8,13H,1H3. The van der Waals surface area contributed by atoms with Crippen molar-refractivity contribution in [1.29, 1.82) is 5.26 Å². The van der Waals surface area contributed by atoms with E-state index in [1.807, 2.05) is 30.3 Å². The molecule has 3 aromatic rings. The Hall–Kier alpha value is -3.37. The molecule has 7 heteroatoms. The minimum Gasteiger partial charge on any atom is -0.292 e. The number of hydrogen-bond donors (Lipinski definition) is 0. The van der Waals surface area contributed by atoms with Crippen LogP contribution in [-0.4, -0.2) is 34.5 Å². The first-order chi connectivity index (χ1) is 12.5. The number of carbonyl (C=O) groups is 3. The second-order valence-corrected chi connectivity index (χ2v) is 6.94. The number of fused-ring (bicyclic) bond motifs is 2. The summed E-state index contributed by atoms with van der Waals surface area (Å²) < 4.78 is 0.895. The van der Waals surface area contributed by atoms with Gasteiger partial charge in [0.1, 0.15) is 5.01 Å². The number of aromatic nitrogens is 1. The third-order valence-electron chi connectivity index (χ3n) is 4.32. The fraction of sp³-hybridized carbons (Fsp3) is 0.105. The molecule has 0 saturated carbocycles. The molecule has 0 fully saturated rings. The molecule has 1 aromatic heterocycles. The van der Waals surface area contributed by atoms with Crippen LogP contribution in [-0.2, 0) is 0 Å². The average molecular weight is 361 g/mol. The molecule has 26 heavy (non-hydrogen) atoms. The summed E-state index contributed by atoms with van der Waals surface area (Å²) in [7, 11) is 1.39. The van der Waals surface area contributed by atoms with Crippen molar-refractivity contribution in [1.82, 2.24) is 9.88 Å². The molecule has 126 valence electrons. The second-order valence-electron chi connectivity index (χ2n) is 5.88. The highest BCUT2D eigenvalue weighted by Gasteiger charge is 2.34. The number of imide groups is 1. The van der Waals surface area contributed by atoms with Gasteiger partial charge >= 0.3 is 0 Å². The van der Waals surface area contributed by atoms with Crippen LogP contribution in [0.1, 0.15) is 42.0 Å². The quantitative estimate of drug-likeness (QED) is 0.528. The Bertz CT molecular complexity index is 1110. The molecule has 4 rings (SSSR count). The highest BCUT2D eigenvalue weighted by molar-refractivity contribution is 7.18. The van der Waals surface area contributed by atoms with Crippen LogP contribution < -0.4 is 0 Å². The lowest BCUT2D eigenvalue weighted by atomic mass is 9.96. The fourth-order valence-corrected chi connectivity index (χ4v) is 3.93. The summed E-state index contributed by atoms with van der Waals surface area (Å²) in [5.41, 5.74) is 1.40. The number of thiazole rings is 1. The number of ketones is 1. The molecule has 0 saturated heterocycles. The predicted octanol–water partition coefficient (Wildman–Crippen LogP) is 3.01. The van der Waals surface area contributed by atoms with E-state index in [4.69, 9.17) is 0 Å². The maximum atomic E-state index is 12.9. The lowest BCUT2D eigenvalue weighted by Crippen LogP contribution is -2.24. The fourth-order valence-electron chi connectivity index (χ4n) is 2.92. The predicted molar refractivity (Wildman–Crippen MR) is 95.2 cm³/mol. The molecule has 0 aliphatic carbocycles. The minimum absolute atomic E-state index is 0.185. The Kier molecular flexibility index (Phi) is 3.63. The zero-order chi connectivity index (χ0) is 18.4. The van der Waals surface area contributed by atoms with E-state index < -0.39 is 23.5 Å². The number of amides is 2. The molecule has 0 spiro atoms. The molecule has 2 heterocycles. The first kappa shape index (κ1) is 16.1. The van der Waals surface area contributed by atoms with E-state index in [0.29, 0.717) is 5.01 Å². The van der Waals surface area contributed by atoms with E-state index in [1.165, 1.54) is 36.6 Å². The van der Waals surface area contributed by atoms with Crippen LogP contribution in [0, 0.1) is 11.3 Å². The summed E-state index contributed by atoms with van der Waals surface area (Å²) >= 11 is 1.30. The number of nitrogens with zero attached hydrogens (tertiary/aromatic N) is 3. The molecule has 1 aliphatic rings. The van der Waals surface area contributed by atoms with Gasteiger partial charge in [0.05, 0.1) is 27.4 Å². The van der Waals surface area contributed by atoms with E-state index >= 15 is 0 Å². The third-order valence-corrected chi connectivity index (χ3v) is 5.42. The molecular weight excluding hydrogens is 350 g/mol. The molecule has 2 aromatic carbocycles. The first-order valence-electron chi connectivity index (χ1n) is 7.77. The number of rotatable bonds is 3. The molecule has 1 atom stereocenters. The zero-order valence-electron chi connectivity index (χ0n) is 13.6. The van der Waals surface area contributed by atoms with E-state index in [2.05, 4.69) is 4.98 Å². The van der Waals surface area contributed by atoms with Gasteiger partial charge in [0.2, 0.25) is 0 Å². The Morgan fingerprint density at radius 2 is 1.88 bits per heavy atom. The van der Waals surface area contributed by atoms with E-state index in [0.717, 1.165) is 15.1 Å². The van der Waals surface area contributed by atoms with Crippen LogP contribution in [0.2, 0.25) is 0 Å². The van der Waals surface area contributed by atoms with Crippen molar-refractivity contribution in [3.63, 3.8) is 0 Å². The second kappa shape index (κ2) is 5.86. The molecule has 2 amide bonds. The van der Waals surface area contributed by atoms with Gasteiger partial charge in [-0.2, -0.15) is 5.26 Å². The monoisotopic (exact) mass is 361 g/mol. The van der Waals surface area contributed by atoms with Crippen LogP contribution in [0.25, 0.3) is 10.2 Å².